The van der Waals surface area contributed by atoms with Crippen molar-refractivity contribution < 1.29 is 22.7 Å². The van der Waals surface area contributed by atoms with Crippen molar-refractivity contribution in [3.8, 4) is 5.75 Å². The lowest BCUT2D eigenvalue weighted by Crippen LogP contribution is -2.39. The number of amides is 1. The van der Waals surface area contributed by atoms with Gasteiger partial charge in [0.15, 0.2) is 0 Å². The number of fused-ring (bicyclic) bond motifs is 1. The van der Waals surface area contributed by atoms with Crippen LogP contribution in [0.4, 0.5) is 0 Å². The summed E-state index contributed by atoms with van der Waals surface area (Å²) >= 11 is 0. The van der Waals surface area contributed by atoms with E-state index in [0.717, 1.165) is 5.56 Å². The fraction of sp³-hybridized carbons (Fsp3) is 0.333. The lowest BCUT2D eigenvalue weighted by Gasteiger charge is -2.21. The molecule has 3 aromatic rings. The summed E-state index contributed by atoms with van der Waals surface area (Å²) in [6.45, 7) is 4.14. The van der Waals surface area contributed by atoms with Gasteiger partial charge in [0.1, 0.15) is 12.4 Å². The van der Waals surface area contributed by atoms with Crippen molar-refractivity contribution in [3.05, 3.63) is 65.9 Å². The van der Waals surface area contributed by atoms with Crippen LogP contribution < -0.4 is 9.46 Å². The summed E-state index contributed by atoms with van der Waals surface area (Å²) in [4.78, 5) is 17.6. The fourth-order valence-electron chi connectivity index (χ4n) is 3.75. The molecule has 1 atom stereocenters. The molecule has 0 aliphatic heterocycles. The minimum Gasteiger partial charge on any atom is -0.491 e. The molecule has 1 saturated carbocycles. The van der Waals surface area contributed by atoms with Crippen LogP contribution in [-0.2, 0) is 25.0 Å². The summed E-state index contributed by atoms with van der Waals surface area (Å²) in [5.74, 6) is 0.0209. The molecule has 1 heterocycles. The van der Waals surface area contributed by atoms with E-state index >= 15 is 0 Å². The number of carbonyl (C=O) groups is 1. The number of hydrogen-bond acceptors (Lipinski definition) is 6. The molecule has 1 fully saturated rings. The molecule has 0 spiro atoms. The number of carbonyl (C=O) groups excluding carboxylic acids is 1. The van der Waals surface area contributed by atoms with E-state index in [-0.39, 0.29) is 11.0 Å². The first-order valence-electron chi connectivity index (χ1n) is 10.4. The minimum atomic E-state index is -4.09. The Kier molecular flexibility index (Phi) is 5.92. The first kappa shape index (κ1) is 22.2. The zero-order chi connectivity index (χ0) is 22.9. The molecule has 1 unspecified atom stereocenters. The summed E-state index contributed by atoms with van der Waals surface area (Å²) < 4.78 is 39.8. The van der Waals surface area contributed by atoms with E-state index in [1.807, 2.05) is 32.0 Å². The monoisotopic (exact) mass is 454 g/mol. The number of nitrogens with one attached hydrogen (secondary N) is 1. The summed E-state index contributed by atoms with van der Waals surface area (Å²) in [6.07, 6.45) is 2.57. The van der Waals surface area contributed by atoms with Crippen molar-refractivity contribution in [2.24, 2.45) is 0 Å². The predicted molar refractivity (Wildman–Crippen MR) is 121 cm³/mol. The summed E-state index contributed by atoms with van der Waals surface area (Å²) in [5, 5.41) is 0.466. The standard InChI is InChI=1S/C24H26N2O5S/c1-16-9-10-21(31-15-17(2)30-3)19(14-16)24(11-12-24)23(27)26-32(28,29)22-8-4-7-20-18(22)6-5-13-25-20/h4-10,13-14,17H,11-12,15H2,1-3H3,(H,26,27). The molecule has 1 amide bonds. The maximum atomic E-state index is 13.3. The molecule has 4 rings (SSSR count). The maximum Gasteiger partial charge on any atom is 0.264 e. The highest BCUT2D eigenvalue weighted by Crippen LogP contribution is 2.52. The zero-order valence-corrected chi connectivity index (χ0v) is 19.1. The molecule has 168 valence electrons. The number of sulfonamides is 1. The number of benzene rings is 2. The van der Waals surface area contributed by atoms with Gasteiger partial charge in [-0.3, -0.25) is 9.78 Å². The summed E-state index contributed by atoms with van der Waals surface area (Å²) in [5.41, 5.74) is 1.28. The van der Waals surface area contributed by atoms with Crippen molar-refractivity contribution in [1.29, 1.82) is 0 Å². The molecule has 7 nitrogen and oxygen atoms in total. The summed E-state index contributed by atoms with van der Waals surface area (Å²) in [7, 11) is -2.49. The van der Waals surface area contributed by atoms with Crippen LogP contribution >= 0.6 is 0 Å². The number of nitrogens with zero attached hydrogens (tertiary/aromatic N) is 1. The van der Waals surface area contributed by atoms with Crippen molar-refractivity contribution in [3.63, 3.8) is 0 Å². The average Bonchev–Trinajstić information content (AvgIpc) is 3.59. The van der Waals surface area contributed by atoms with Crippen molar-refractivity contribution in [2.75, 3.05) is 13.7 Å². The number of aryl methyl sites for hydroxylation is 1. The Morgan fingerprint density at radius 1 is 1.19 bits per heavy atom. The molecule has 1 aliphatic carbocycles. The van der Waals surface area contributed by atoms with Gasteiger partial charge in [0.25, 0.3) is 10.0 Å². The quantitative estimate of drug-likeness (QED) is 0.560. The molecular weight excluding hydrogens is 428 g/mol. The van der Waals surface area contributed by atoms with Gasteiger partial charge in [-0.2, -0.15) is 0 Å². The molecule has 1 aromatic heterocycles. The molecule has 1 N–H and O–H groups in total. The third-order valence-corrected chi connectivity index (χ3v) is 7.22. The second kappa shape index (κ2) is 8.52. The summed E-state index contributed by atoms with van der Waals surface area (Å²) in [6, 6.07) is 13.8. The average molecular weight is 455 g/mol. The Bertz CT molecular complexity index is 1260. The highest BCUT2D eigenvalue weighted by molar-refractivity contribution is 7.90. The lowest BCUT2D eigenvalue weighted by atomic mass is 9.93. The maximum absolute atomic E-state index is 13.3. The lowest BCUT2D eigenvalue weighted by molar-refractivity contribution is -0.121. The first-order valence-corrected chi connectivity index (χ1v) is 11.9. The Balaban J connectivity index is 1.65. The van der Waals surface area contributed by atoms with E-state index in [1.54, 1.807) is 37.6 Å². The van der Waals surface area contributed by atoms with Crippen LogP contribution in [0.5, 0.6) is 5.75 Å². The molecule has 2 aromatic carbocycles. The highest BCUT2D eigenvalue weighted by atomic mass is 32.2. The molecule has 8 heteroatoms. The van der Waals surface area contributed by atoms with Crippen LogP contribution in [0.2, 0.25) is 0 Å². The molecule has 0 bridgehead atoms. The fourth-order valence-corrected chi connectivity index (χ4v) is 5.02. The van der Waals surface area contributed by atoms with Gasteiger partial charge < -0.3 is 9.47 Å². The van der Waals surface area contributed by atoms with Gasteiger partial charge in [-0.25, -0.2) is 13.1 Å². The second-order valence-electron chi connectivity index (χ2n) is 8.20. The van der Waals surface area contributed by atoms with Crippen LogP contribution in [0.15, 0.2) is 59.6 Å². The molecular formula is C24H26N2O5S. The van der Waals surface area contributed by atoms with Crippen LogP contribution in [0, 0.1) is 6.92 Å². The molecule has 0 saturated heterocycles. The number of methoxy groups -OCH3 is 1. The molecule has 1 aliphatic rings. The third kappa shape index (κ3) is 4.20. The SMILES string of the molecule is COC(C)COc1ccc(C)cc1C1(C(=O)NS(=O)(=O)c2cccc3ncccc23)CC1. The van der Waals surface area contributed by atoms with E-state index in [4.69, 9.17) is 9.47 Å². The van der Waals surface area contributed by atoms with Crippen LogP contribution in [0.25, 0.3) is 10.9 Å². The Hall–Kier alpha value is -2.97. The second-order valence-corrected chi connectivity index (χ2v) is 9.85. The van der Waals surface area contributed by atoms with Crippen LogP contribution in [-0.4, -0.2) is 39.1 Å². The van der Waals surface area contributed by atoms with Crippen molar-refractivity contribution in [1.82, 2.24) is 9.71 Å². The van der Waals surface area contributed by atoms with E-state index in [0.29, 0.717) is 41.7 Å². The number of rotatable bonds is 8. The number of pyridine rings is 1. The first-order chi connectivity index (χ1) is 15.3. The van der Waals surface area contributed by atoms with Crippen LogP contribution in [0.3, 0.4) is 0 Å². The van der Waals surface area contributed by atoms with E-state index in [2.05, 4.69) is 9.71 Å². The van der Waals surface area contributed by atoms with E-state index in [9.17, 15) is 13.2 Å². The van der Waals surface area contributed by atoms with Crippen molar-refractivity contribution in [2.45, 2.75) is 43.1 Å². The predicted octanol–water partition coefficient (Wildman–Crippen LogP) is 3.49. The van der Waals surface area contributed by atoms with Gasteiger partial charge in [0, 0.05) is 24.3 Å². The molecule has 0 radical (unpaired) electrons. The topological polar surface area (TPSA) is 94.6 Å². The smallest absolute Gasteiger partial charge is 0.264 e. The van der Waals surface area contributed by atoms with Gasteiger partial charge >= 0.3 is 0 Å². The van der Waals surface area contributed by atoms with E-state index < -0.39 is 21.3 Å². The van der Waals surface area contributed by atoms with Crippen LogP contribution in [0.1, 0.15) is 30.9 Å². The highest BCUT2D eigenvalue weighted by Gasteiger charge is 2.54. The Labute approximate surface area is 187 Å². The third-order valence-electron chi connectivity index (χ3n) is 5.83. The molecule has 32 heavy (non-hydrogen) atoms. The normalized spacial score (nSPS) is 15.8. The Morgan fingerprint density at radius 3 is 2.69 bits per heavy atom. The number of ether oxygens (including phenoxy) is 2. The van der Waals surface area contributed by atoms with Gasteiger partial charge in [-0.05, 0) is 57.0 Å². The van der Waals surface area contributed by atoms with Gasteiger partial charge in [-0.1, -0.05) is 23.8 Å². The largest absolute Gasteiger partial charge is 0.491 e. The van der Waals surface area contributed by atoms with Gasteiger partial charge in [0.2, 0.25) is 5.91 Å². The zero-order valence-electron chi connectivity index (χ0n) is 18.3. The van der Waals surface area contributed by atoms with E-state index in [1.165, 1.54) is 6.07 Å². The van der Waals surface area contributed by atoms with Gasteiger partial charge in [-0.15, -0.1) is 0 Å². The minimum absolute atomic E-state index is 0.0295. The van der Waals surface area contributed by atoms with Crippen molar-refractivity contribution >= 4 is 26.8 Å². The Morgan fingerprint density at radius 2 is 1.97 bits per heavy atom. The number of aromatic nitrogens is 1. The number of hydrogen-bond donors (Lipinski definition) is 1. The van der Waals surface area contributed by atoms with Gasteiger partial charge in [0.05, 0.1) is 21.9 Å².